The van der Waals surface area contributed by atoms with Crippen LogP contribution in [0, 0.1) is 0 Å². The Hall–Kier alpha value is -1.24. The van der Waals surface area contributed by atoms with Crippen molar-refractivity contribution in [3.05, 3.63) is 11.6 Å². The number of hydrogen-bond acceptors (Lipinski definition) is 5. The van der Waals surface area contributed by atoms with Gasteiger partial charge in [-0.1, -0.05) is 0 Å². The molecule has 0 aromatic rings. The van der Waals surface area contributed by atoms with Gasteiger partial charge in [-0.15, -0.1) is 0 Å². The Bertz CT molecular complexity index is 304. The van der Waals surface area contributed by atoms with Crippen LogP contribution < -0.4 is 0 Å². The summed E-state index contributed by atoms with van der Waals surface area (Å²) in [7, 11) is 0. The summed E-state index contributed by atoms with van der Waals surface area (Å²) in [6.45, 7) is 0.766. The third-order valence-corrected chi connectivity index (χ3v) is 1.98. The first-order valence-electron chi connectivity index (χ1n) is 4.36. The van der Waals surface area contributed by atoms with Crippen LogP contribution in [0.4, 0.5) is 0 Å². The second-order valence-corrected chi connectivity index (χ2v) is 3.25. The van der Waals surface area contributed by atoms with Gasteiger partial charge in [0.25, 0.3) is 5.97 Å². The molecule has 0 bridgehead atoms. The first-order valence-corrected chi connectivity index (χ1v) is 4.36. The van der Waals surface area contributed by atoms with Crippen molar-refractivity contribution in [3.63, 3.8) is 0 Å². The smallest absolute Gasteiger partial charge is 0.300 e. The number of hydrogen-bond donors (Lipinski definition) is 3. The fourth-order valence-corrected chi connectivity index (χ4v) is 1.29. The monoisotopic (exact) mass is 216 g/mol. The van der Waals surface area contributed by atoms with E-state index in [0.29, 0.717) is 0 Å². The van der Waals surface area contributed by atoms with Gasteiger partial charge < -0.3 is 20.1 Å². The van der Waals surface area contributed by atoms with Gasteiger partial charge in [0.15, 0.2) is 5.78 Å². The number of aliphatic hydroxyl groups is 2. The maximum atomic E-state index is 11.1. The zero-order valence-electron chi connectivity index (χ0n) is 8.08. The molecule has 1 saturated heterocycles. The number of fused-ring (bicyclic) bond motifs is 1. The SMILES string of the molecule is CC(=O)O.O=C1C(CO)=C[C@@H](O)[C@H]2O[C@@H]12. The average Bonchev–Trinajstić information content (AvgIpc) is 2.90. The van der Waals surface area contributed by atoms with E-state index < -0.39 is 18.2 Å². The van der Waals surface area contributed by atoms with Gasteiger partial charge in [0.1, 0.15) is 18.3 Å². The lowest BCUT2D eigenvalue weighted by Gasteiger charge is -2.09. The highest BCUT2D eigenvalue weighted by molar-refractivity contribution is 6.02. The van der Waals surface area contributed by atoms with Crippen molar-refractivity contribution in [1.29, 1.82) is 0 Å². The summed E-state index contributed by atoms with van der Waals surface area (Å²) < 4.78 is 4.87. The second-order valence-electron chi connectivity index (χ2n) is 3.25. The van der Waals surface area contributed by atoms with Crippen molar-refractivity contribution in [3.8, 4) is 0 Å². The minimum Gasteiger partial charge on any atom is -0.481 e. The van der Waals surface area contributed by atoms with Crippen molar-refractivity contribution >= 4 is 11.8 Å². The quantitative estimate of drug-likeness (QED) is 0.470. The van der Waals surface area contributed by atoms with E-state index in [9.17, 15) is 9.90 Å². The molecule has 0 saturated carbocycles. The molecule has 84 valence electrons. The van der Waals surface area contributed by atoms with Gasteiger partial charge in [0.2, 0.25) is 0 Å². The van der Waals surface area contributed by atoms with Crippen molar-refractivity contribution in [2.45, 2.75) is 25.2 Å². The molecular formula is C9H12O6. The summed E-state index contributed by atoms with van der Waals surface area (Å²) >= 11 is 0. The molecule has 0 aromatic heterocycles. The maximum Gasteiger partial charge on any atom is 0.300 e. The summed E-state index contributed by atoms with van der Waals surface area (Å²) in [6.07, 6.45) is -0.203. The molecule has 1 aliphatic heterocycles. The summed E-state index contributed by atoms with van der Waals surface area (Å²) in [6, 6.07) is 0. The first kappa shape index (κ1) is 11.8. The zero-order valence-corrected chi connectivity index (χ0v) is 8.08. The predicted octanol–water partition coefficient (Wildman–Crippen LogP) is -1.29. The summed E-state index contributed by atoms with van der Waals surface area (Å²) in [5.74, 6) is -1.03. The first-order chi connectivity index (χ1) is 6.97. The van der Waals surface area contributed by atoms with E-state index in [2.05, 4.69) is 0 Å². The normalized spacial score (nSPS) is 32.1. The Morgan fingerprint density at radius 1 is 1.60 bits per heavy atom. The zero-order chi connectivity index (χ0) is 11.6. The number of ketones is 1. The Morgan fingerprint density at radius 2 is 2.13 bits per heavy atom. The highest BCUT2D eigenvalue weighted by Gasteiger charge is 2.52. The van der Waals surface area contributed by atoms with Crippen LogP contribution in [0.15, 0.2) is 11.6 Å². The molecule has 6 heteroatoms. The number of carboxylic acid groups (broad SMARTS) is 1. The average molecular weight is 216 g/mol. The van der Waals surface area contributed by atoms with E-state index in [1.54, 1.807) is 0 Å². The van der Waals surface area contributed by atoms with Crippen LogP contribution in [-0.2, 0) is 14.3 Å². The van der Waals surface area contributed by atoms with E-state index in [-0.39, 0.29) is 24.1 Å². The number of ether oxygens (including phenoxy) is 1. The van der Waals surface area contributed by atoms with Gasteiger partial charge in [-0.2, -0.15) is 0 Å². The molecule has 3 atom stereocenters. The number of carboxylic acids is 1. The molecule has 0 aromatic carbocycles. The largest absolute Gasteiger partial charge is 0.481 e. The minimum atomic E-state index is -0.833. The summed E-state index contributed by atoms with van der Waals surface area (Å²) in [5, 5.41) is 25.3. The lowest BCUT2D eigenvalue weighted by molar-refractivity contribution is -0.134. The second kappa shape index (κ2) is 4.52. The van der Waals surface area contributed by atoms with Crippen LogP contribution in [0.1, 0.15) is 6.92 Å². The molecule has 0 radical (unpaired) electrons. The molecule has 0 unspecified atom stereocenters. The molecule has 1 fully saturated rings. The molecule has 0 spiro atoms. The number of carbonyl (C=O) groups excluding carboxylic acids is 1. The van der Waals surface area contributed by atoms with E-state index in [1.807, 2.05) is 0 Å². The molecule has 15 heavy (non-hydrogen) atoms. The van der Waals surface area contributed by atoms with Gasteiger partial charge in [0, 0.05) is 12.5 Å². The molecule has 2 rings (SSSR count). The Morgan fingerprint density at radius 3 is 2.60 bits per heavy atom. The number of epoxide rings is 1. The Labute approximate surface area is 85.8 Å². The fraction of sp³-hybridized carbons (Fsp3) is 0.556. The van der Waals surface area contributed by atoms with Crippen LogP contribution in [0.2, 0.25) is 0 Å². The highest BCUT2D eigenvalue weighted by atomic mass is 16.6. The van der Waals surface area contributed by atoms with Gasteiger partial charge in [0.05, 0.1) is 6.61 Å². The fourth-order valence-electron chi connectivity index (χ4n) is 1.29. The molecular weight excluding hydrogens is 204 g/mol. The number of aliphatic carboxylic acids is 1. The molecule has 1 heterocycles. The standard InChI is InChI=1S/C7H8O4.C2H4O2/c8-2-3-1-4(9)6-7(11-6)5(3)10;1-2(3)4/h1,4,6-9H,2H2;1H3,(H,3,4)/t4-,6-,7+;/m1./s1. The van der Waals surface area contributed by atoms with Crippen LogP contribution in [-0.4, -0.2) is 52.0 Å². The Kier molecular flexibility index (Phi) is 3.57. The number of Topliss-reactive ketones (excluding diaryl/α,β-unsaturated/α-hetero) is 1. The summed E-state index contributed by atoms with van der Waals surface area (Å²) in [5.41, 5.74) is 0.260. The topological polar surface area (TPSA) is 107 Å². The van der Waals surface area contributed by atoms with Gasteiger partial charge in [-0.05, 0) is 6.08 Å². The van der Waals surface area contributed by atoms with Crippen LogP contribution in [0.3, 0.4) is 0 Å². The van der Waals surface area contributed by atoms with Crippen molar-refractivity contribution in [2.75, 3.05) is 6.61 Å². The van der Waals surface area contributed by atoms with Crippen LogP contribution in [0.25, 0.3) is 0 Å². The molecule has 6 nitrogen and oxygen atoms in total. The summed E-state index contributed by atoms with van der Waals surface area (Å²) in [4.78, 5) is 20.1. The lowest BCUT2D eigenvalue weighted by Crippen LogP contribution is -2.27. The molecule has 0 amide bonds. The molecule has 2 aliphatic rings. The number of rotatable bonds is 1. The lowest BCUT2D eigenvalue weighted by atomic mass is 9.97. The highest BCUT2D eigenvalue weighted by Crippen LogP contribution is 2.33. The van der Waals surface area contributed by atoms with Gasteiger partial charge in [-0.25, -0.2) is 0 Å². The van der Waals surface area contributed by atoms with Crippen LogP contribution in [0.5, 0.6) is 0 Å². The third kappa shape index (κ3) is 2.85. The number of carbonyl (C=O) groups is 2. The van der Waals surface area contributed by atoms with E-state index in [1.165, 1.54) is 6.08 Å². The van der Waals surface area contributed by atoms with E-state index >= 15 is 0 Å². The van der Waals surface area contributed by atoms with Crippen molar-refractivity contribution < 1.29 is 29.6 Å². The Balaban J connectivity index is 0.000000245. The van der Waals surface area contributed by atoms with Crippen molar-refractivity contribution in [1.82, 2.24) is 0 Å². The van der Waals surface area contributed by atoms with E-state index in [4.69, 9.17) is 19.7 Å². The van der Waals surface area contributed by atoms with E-state index in [0.717, 1.165) is 6.92 Å². The predicted molar refractivity (Wildman–Crippen MR) is 48.2 cm³/mol. The van der Waals surface area contributed by atoms with Crippen LogP contribution >= 0.6 is 0 Å². The molecule has 3 N–H and O–H groups in total. The maximum absolute atomic E-state index is 11.1. The molecule has 1 aliphatic carbocycles. The van der Waals surface area contributed by atoms with Gasteiger partial charge in [-0.3, -0.25) is 9.59 Å². The third-order valence-electron chi connectivity index (χ3n) is 1.98. The van der Waals surface area contributed by atoms with Crippen molar-refractivity contribution in [2.24, 2.45) is 0 Å². The minimum absolute atomic E-state index is 0.192. The van der Waals surface area contributed by atoms with Gasteiger partial charge >= 0.3 is 0 Å². The number of aliphatic hydroxyl groups excluding tert-OH is 2.